The lowest BCUT2D eigenvalue weighted by Gasteiger charge is -2.24. The normalized spacial score (nSPS) is 17.6. The summed E-state index contributed by atoms with van der Waals surface area (Å²) >= 11 is 3.48. The second-order valence-electron chi connectivity index (χ2n) is 9.64. The first kappa shape index (κ1) is 24.6. The number of aromatic nitrogens is 5. The number of halogens is 1. The molecule has 3 heterocycles. The van der Waals surface area contributed by atoms with Crippen LogP contribution in [0.15, 0.2) is 41.3 Å². The largest absolute Gasteiger partial charge is 0.368 e. The number of carbonyl (C=O) groups is 2. The number of nitrogens with one attached hydrogen (secondary N) is 2. The van der Waals surface area contributed by atoms with Gasteiger partial charge in [0.2, 0.25) is 17.8 Å². The summed E-state index contributed by atoms with van der Waals surface area (Å²) in [6.45, 7) is 3.18. The van der Waals surface area contributed by atoms with Crippen molar-refractivity contribution in [3.63, 3.8) is 0 Å². The first-order valence-electron chi connectivity index (χ1n) is 11.8. The zero-order chi connectivity index (χ0) is 26.3. The van der Waals surface area contributed by atoms with Crippen molar-refractivity contribution in [2.45, 2.75) is 44.7 Å². The van der Waals surface area contributed by atoms with E-state index >= 15 is 0 Å². The number of nitrogens with zero attached hydrogens (tertiary/aromatic N) is 6. The predicted octanol–water partition coefficient (Wildman–Crippen LogP) is 2.96. The van der Waals surface area contributed by atoms with E-state index in [0.29, 0.717) is 51.2 Å². The van der Waals surface area contributed by atoms with Gasteiger partial charge in [0.25, 0.3) is 0 Å². The van der Waals surface area contributed by atoms with Crippen molar-refractivity contribution in [3.05, 3.63) is 46.8 Å². The smallest absolute Gasteiger partial charge is 0.242 e. The lowest BCUT2D eigenvalue weighted by molar-refractivity contribution is -0.132. The minimum atomic E-state index is -1.10. The van der Waals surface area contributed by atoms with Gasteiger partial charge < -0.3 is 16.4 Å². The molecule has 188 valence electrons. The van der Waals surface area contributed by atoms with Gasteiger partial charge >= 0.3 is 0 Å². The second kappa shape index (κ2) is 9.40. The van der Waals surface area contributed by atoms with Crippen LogP contribution in [0.5, 0.6) is 0 Å². The lowest BCUT2D eigenvalue weighted by Crippen LogP contribution is -2.54. The molecule has 0 saturated heterocycles. The summed E-state index contributed by atoms with van der Waals surface area (Å²) in [6, 6.07) is 9.55. The minimum Gasteiger partial charge on any atom is -0.368 e. The summed E-state index contributed by atoms with van der Waals surface area (Å²) in [7, 11) is 0. The molecule has 2 amide bonds. The van der Waals surface area contributed by atoms with E-state index in [4.69, 9.17) is 10.7 Å². The molecule has 5 rings (SSSR count). The monoisotopic (exact) mass is 561 g/mol. The molecule has 12 heteroatoms. The van der Waals surface area contributed by atoms with Crippen LogP contribution in [0.2, 0.25) is 0 Å². The molecular weight excluding hydrogens is 538 g/mol. The van der Waals surface area contributed by atoms with Crippen molar-refractivity contribution in [2.24, 2.45) is 11.7 Å². The van der Waals surface area contributed by atoms with Crippen LogP contribution in [0.1, 0.15) is 38.7 Å². The molecule has 1 aliphatic rings. The summed E-state index contributed by atoms with van der Waals surface area (Å²) in [5, 5.41) is 21.8. The average molecular weight is 562 g/mol. The summed E-state index contributed by atoms with van der Waals surface area (Å²) in [5.41, 5.74) is 6.58. The number of pyridine rings is 1. The number of nitriles is 1. The van der Waals surface area contributed by atoms with E-state index in [2.05, 4.69) is 47.7 Å². The topological polar surface area (TPSA) is 164 Å². The number of amides is 2. The SMILES string of the molecule is CC(C)(NC(=O)[C@@H]1CC[C@@H](Nc2ncc3c(Br)nn(-c4cc(C#N)c5ncccc5c4)c3n2)C1)C(N)=O. The first-order valence-corrected chi connectivity index (χ1v) is 12.5. The zero-order valence-corrected chi connectivity index (χ0v) is 21.8. The molecule has 0 radical (unpaired) electrons. The average Bonchev–Trinajstić information content (AvgIpc) is 3.47. The van der Waals surface area contributed by atoms with E-state index in [9.17, 15) is 14.9 Å². The Bertz CT molecular complexity index is 1590. The molecule has 4 aromatic rings. The summed E-state index contributed by atoms with van der Waals surface area (Å²) in [4.78, 5) is 37.7. The Morgan fingerprint density at radius 1 is 1.27 bits per heavy atom. The van der Waals surface area contributed by atoms with Crippen LogP contribution in [-0.2, 0) is 9.59 Å². The number of benzene rings is 1. The molecule has 11 nitrogen and oxygen atoms in total. The van der Waals surface area contributed by atoms with Crippen molar-refractivity contribution >= 4 is 55.6 Å². The first-order chi connectivity index (χ1) is 17.7. The van der Waals surface area contributed by atoms with E-state index in [0.717, 1.165) is 11.8 Å². The van der Waals surface area contributed by atoms with Gasteiger partial charge in [-0.1, -0.05) is 6.07 Å². The standard InChI is InChI=1S/C25H24BrN9O2/c1-25(2,23(28)37)33-22(36)14-5-6-16(8-14)31-24-30-12-18-20(26)34-35(21(18)32-24)17-9-13-4-3-7-29-19(13)15(10-17)11-27/h3-4,7,9-10,12,14,16H,5-6,8H2,1-2H3,(H2,28,37)(H,33,36)(H,30,31,32)/t14-,16-/m1/s1. The lowest BCUT2D eigenvalue weighted by atomic mass is 10.0. The highest BCUT2D eigenvalue weighted by atomic mass is 79.9. The number of primary amides is 1. The number of rotatable bonds is 6. The van der Waals surface area contributed by atoms with E-state index in [1.807, 2.05) is 18.2 Å². The van der Waals surface area contributed by atoms with Gasteiger partial charge in [-0.15, -0.1) is 0 Å². The van der Waals surface area contributed by atoms with Gasteiger partial charge in [-0.3, -0.25) is 14.6 Å². The highest BCUT2D eigenvalue weighted by Crippen LogP contribution is 2.30. The number of hydrogen-bond acceptors (Lipinski definition) is 8. The Morgan fingerprint density at radius 3 is 2.84 bits per heavy atom. The molecule has 37 heavy (non-hydrogen) atoms. The van der Waals surface area contributed by atoms with Gasteiger partial charge in [0.15, 0.2) is 5.65 Å². The molecule has 2 atom stereocenters. The maximum Gasteiger partial charge on any atom is 0.242 e. The summed E-state index contributed by atoms with van der Waals surface area (Å²) < 4.78 is 2.24. The quantitative estimate of drug-likeness (QED) is 0.323. The number of nitrogens with two attached hydrogens (primary N) is 1. The zero-order valence-electron chi connectivity index (χ0n) is 20.2. The summed E-state index contributed by atoms with van der Waals surface area (Å²) in [5.74, 6) is -0.601. The third-order valence-corrected chi connectivity index (χ3v) is 7.21. The molecule has 0 spiro atoms. The van der Waals surface area contributed by atoms with Crippen molar-refractivity contribution in [2.75, 3.05) is 5.32 Å². The maximum absolute atomic E-state index is 12.7. The Hall–Kier alpha value is -4.11. The van der Waals surface area contributed by atoms with Gasteiger partial charge in [-0.05, 0) is 67.2 Å². The molecule has 0 bridgehead atoms. The van der Waals surface area contributed by atoms with Crippen LogP contribution in [0.4, 0.5) is 5.95 Å². The van der Waals surface area contributed by atoms with Crippen molar-refractivity contribution in [1.29, 1.82) is 5.26 Å². The Balaban J connectivity index is 1.40. The van der Waals surface area contributed by atoms with Crippen molar-refractivity contribution in [1.82, 2.24) is 30.0 Å². The summed E-state index contributed by atoms with van der Waals surface area (Å²) in [6.07, 6.45) is 5.34. The molecule has 4 N–H and O–H groups in total. The van der Waals surface area contributed by atoms with Crippen molar-refractivity contribution < 1.29 is 9.59 Å². The Kier molecular flexibility index (Phi) is 6.25. The fraction of sp³-hybridized carbons (Fsp3) is 0.320. The van der Waals surface area contributed by atoms with Gasteiger partial charge in [0.05, 0.1) is 22.2 Å². The molecule has 1 saturated carbocycles. The van der Waals surface area contributed by atoms with Gasteiger partial charge in [0.1, 0.15) is 16.2 Å². The van der Waals surface area contributed by atoms with E-state index in [1.165, 1.54) is 0 Å². The van der Waals surface area contributed by atoms with E-state index in [-0.39, 0.29) is 17.9 Å². The van der Waals surface area contributed by atoms with Crippen LogP contribution < -0.4 is 16.4 Å². The van der Waals surface area contributed by atoms with Crippen LogP contribution >= 0.6 is 15.9 Å². The molecule has 1 aliphatic carbocycles. The fourth-order valence-electron chi connectivity index (χ4n) is 4.51. The predicted molar refractivity (Wildman–Crippen MR) is 141 cm³/mol. The number of fused-ring (bicyclic) bond motifs is 2. The van der Waals surface area contributed by atoms with Gasteiger partial charge in [-0.2, -0.15) is 15.3 Å². The molecule has 0 aliphatic heterocycles. The van der Waals surface area contributed by atoms with Crippen LogP contribution in [0.25, 0.3) is 27.6 Å². The van der Waals surface area contributed by atoms with E-state index in [1.54, 1.807) is 37.0 Å². The minimum absolute atomic E-state index is 0.0124. The van der Waals surface area contributed by atoms with Crippen LogP contribution in [0.3, 0.4) is 0 Å². The molecule has 0 unspecified atom stereocenters. The van der Waals surface area contributed by atoms with E-state index < -0.39 is 11.4 Å². The fourth-order valence-corrected chi connectivity index (χ4v) is 4.95. The Labute approximate surface area is 220 Å². The second-order valence-corrected chi connectivity index (χ2v) is 10.4. The van der Waals surface area contributed by atoms with Gasteiger partial charge in [0, 0.05) is 29.7 Å². The maximum atomic E-state index is 12.7. The third-order valence-electron chi connectivity index (χ3n) is 6.62. The molecule has 3 aromatic heterocycles. The number of hydrogen-bond donors (Lipinski definition) is 3. The highest BCUT2D eigenvalue weighted by molar-refractivity contribution is 9.10. The van der Waals surface area contributed by atoms with Gasteiger partial charge in [-0.25, -0.2) is 9.67 Å². The van der Waals surface area contributed by atoms with Crippen molar-refractivity contribution in [3.8, 4) is 11.8 Å². The molecule has 1 fully saturated rings. The molecular formula is C25H24BrN9O2. The number of carbonyl (C=O) groups excluding carboxylic acids is 2. The number of anilines is 1. The molecule has 1 aromatic carbocycles. The van der Waals surface area contributed by atoms with Crippen LogP contribution in [-0.4, -0.2) is 48.1 Å². The Morgan fingerprint density at radius 2 is 2.08 bits per heavy atom. The highest BCUT2D eigenvalue weighted by Gasteiger charge is 2.35. The van der Waals surface area contributed by atoms with Crippen LogP contribution in [0, 0.1) is 17.2 Å². The third kappa shape index (κ3) is 4.70.